The topological polar surface area (TPSA) is 46.2 Å². The third kappa shape index (κ3) is 2.06. The highest BCUT2D eigenvalue weighted by molar-refractivity contribution is 9.10. The van der Waals surface area contributed by atoms with Gasteiger partial charge in [-0.05, 0) is 30.2 Å². The van der Waals surface area contributed by atoms with Crippen LogP contribution in [-0.2, 0) is 0 Å². The lowest BCUT2D eigenvalue weighted by Gasteiger charge is -2.11. The van der Waals surface area contributed by atoms with Crippen LogP contribution >= 0.6 is 15.9 Å². The van der Waals surface area contributed by atoms with Crippen molar-refractivity contribution in [2.45, 2.75) is 13.0 Å². The molecule has 12 heavy (non-hydrogen) atoms. The van der Waals surface area contributed by atoms with Crippen molar-refractivity contribution in [1.82, 2.24) is 0 Å². The van der Waals surface area contributed by atoms with Crippen molar-refractivity contribution in [2.24, 2.45) is 5.73 Å². The lowest BCUT2D eigenvalue weighted by molar-refractivity contribution is 0.267. The van der Waals surface area contributed by atoms with E-state index in [9.17, 15) is 0 Å². The van der Waals surface area contributed by atoms with E-state index < -0.39 is 0 Å². The molecule has 0 fully saturated rings. The molecule has 3 N–H and O–H groups in total. The second kappa shape index (κ2) is 4.03. The van der Waals surface area contributed by atoms with Gasteiger partial charge in [0, 0.05) is 4.47 Å². The molecule has 1 aromatic carbocycles. The highest BCUT2D eigenvalue weighted by Crippen LogP contribution is 2.20. The van der Waals surface area contributed by atoms with E-state index in [-0.39, 0.29) is 12.6 Å². The number of aliphatic hydroxyl groups excluding tert-OH is 1. The van der Waals surface area contributed by atoms with Gasteiger partial charge in [0.1, 0.15) is 0 Å². The molecule has 1 atom stereocenters. The summed E-state index contributed by atoms with van der Waals surface area (Å²) in [5, 5.41) is 8.86. The first kappa shape index (κ1) is 9.71. The largest absolute Gasteiger partial charge is 0.394 e. The second-order valence-electron chi connectivity index (χ2n) is 2.79. The summed E-state index contributed by atoms with van der Waals surface area (Å²) in [7, 11) is 0. The molecule has 0 saturated heterocycles. The molecule has 0 saturated carbocycles. The molecular weight excluding hydrogens is 218 g/mol. The van der Waals surface area contributed by atoms with Crippen LogP contribution < -0.4 is 5.73 Å². The van der Waals surface area contributed by atoms with Gasteiger partial charge in [0.05, 0.1) is 12.6 Å². The van der Waals surface area contributed by atoms with Gasteiger partial charge in [0.25, 0.3) is 0 Å². The Kier molecular flexibility index (Phi) is 3.26. The fourth-order valence-electron chi connectivity index (χ4n) is 1.11. The average molecular weight is 230 g/mol. The number of hydrogen-bond acceptors (Lipinski definition) is 2. The van der Waals surface area contributed by atoms with Crippen molar-refractivity contribution in [3.8, 4) is 0 Å². The smallest absolute Gasteiger partial charge is 0.0624 e. The maximum atomic E-state index is 8.86. The van der Waals surface area contributed by atoms with Crippen LogP contribution in [0.3, 0.4) is 0 Å². The molecule has 1 aromatic rings. The Balaban J connectivity index is 3.04. The molecule has 66 valence electrons. The molecule has 0 aliphatic rings. The number of aryl methyl sites for hydroxylation is 1. The first-order valence-electron chi connectivity index (χ1n) is 3.77. The fraction of sp³-hybridized carbons (Fsp3) is 0.333. The van der Waals surface area contributed by atoms with E-state index in [0.717, 1.165) is 15.6 Å². The molecule has 0 unspecified atom stereocenters. The van der Waals surface area contributed by atoms with Crippen LogP contribution in [0.4, 0.5) is 0 Å². The Bertz CT molecular complexity index is 275. The van der Waals surface area contributed by atoms with Gasteiger partial charge in [-0.15, -0.1) is 0 Å². The normalized spacial score (nSPS) is 13.0. The number of halogens is 1. The van der Waals surface area contributed by atoms with Crippen molar-refractivity contribution in [2.75, 3.05) is 6.61 Å². The molecule has 0 radical (unpaired) electrons. The van der Waals surface area contributed by atoms with Crippen LogP contribution in [0.1, 0.15) is 17.2 Å². The van der Waals surface area contributed by atoms with Crippen LogP contribution in [-0.4, -0.2) is 11.7 Å². The van der Waals surface area contributed by atoms with E-state index in [2.05, 4.69) is 15.9 Å². The number of nitrogens with two attached hydrogens (primary N) is 1. The lowest BCUT2D eigenvalue weighted by Crippen LogP contribution is -2.15. The van der Waals surface area contributed by atoms with Gasteiger partial charge in [-0.2, -0.15) is 0 Å². The predicted octanol–water partition coefficient (Wildman–Crippen LogP) is 1.75. The molecular formula is C9H12BrNO. The summed E-state index contributed by atoms with van der Waals surface area (Å²) in [6, 6.07) is 5.61. The van der Waals surface area contributed by atoms with E-state index in [1.807, 2.05) is 25.1 Å². The third-order valence-electron chi connectivity index (χ3n) is 1.84. The number of aliphatic hydroxyl groups is 1. The highest BCUT2D eigenvalue weighted by atomic mass is 79.9. The van der Waals surface area contributed by atoms with Gasteiger partial charge < -0.3 is 10.8 Å². The van der Waals surface area contributed by atoms with Crippen molar-refractivity contribution < 1.29 is 5.11 Å². The zero-order chi connectivity index (χ0) is 9.14. The standard InChI is InChI=1S/C9H12BrNO/c1-6-2-3-7(10)4-8(6)9(11)5-12/h2-4,9,12H,5,11H2,1H3/t9-/m0/s1. The quantitative estimate of drug-likeness (QED) is 0.812. The van der Waals surface area contributed by atoms with Crippen LogP contribution in [0.5, 0.6) is 0 Å². The number of rotatable bonds is 2. The van der Waals surface area contributed by atoms with Gasteiger partial charge in [0.2, 0.25) is 0 Å². The van der Waals surface area contributed by atoms with Crippen molar-refractivity contribution in [3.63, 3.8) is 0 Å². The van der Waals surface area contributed by atoms with Crippen molar-refractivity contribution in [1.29, 1.82) is 0 Å². The van der Waals surface area contributed by atoms with Gasteiger partial charge in [-0.25, -0.2) is 0 Å². The van der Waals surface area contributed by atoms with Crippen LogP contribution in [0.15, 0.2) is 22.7 Å². The summed E-state index contributed by atoms with van der Waals surface area (Å²) >= 11 is 3.36. The maximum absolute atomic E-state index is 8.86. The minimum Gasteiger partial charge on any atom is -0.394 e. The van der Waals surface area contributed by atoms with Crippen molar-refractivity contribution >= 4 is 15.9 Å². The average Bonchev–Trinajstić information content (AvgIpc) is 2.08. The van der Waals surface area contributed by atoms with E-state index in [0.29, 0.717) is 0 Å². The molecule has 3 heteroatoms. The van der Waals surface area contributed by atoms with Gasteiger partial charge in [-0.1, -0.05) is 22.0 Å². The first-order valence-corrected chi connectivity index (χ1v) is 4.57. The fourth-order valence-corrected chi connectivity index (χ4v) is 1.49. The van der Waals surface area contributed by atoms with E-state index in [4.69, 9.17) is 10.8 Å². The lowest BCUT2D eigenvalue weighted by atomic mass is 10.0. The van der Waals surface area contributed by atoms with Crippen molar-refractivity contribution in [3.05, 3.63) is 33.8 Å². The zero-order valence-electron chi connectivity index (χ0n) is 6.92. The SMILES string of the molecule is Cc1ccc(Br)cc1[C@@H](N)CO. The molecule has 0 bridgehead atoms. The molecule has 1 rings (SSSR count). The monoisotopic (exact) mass is 229 g/mol. The van der Waals surface area contributed by atoms with Crippen LogP contribution in [0.25, 0.3) is 0 Å². The van der Waals surface area contributed by atoms with Gasteiger partial charge >= 0.3 is 0 Å². The summed E-state index contributed by atoms with van der Waals surface area (Å²) in [4.78, 5) is 0. The van der Waals surface area contributed by atoms with E-state index in [1.54, 1.807) is 0 Å². The summed E-state index contributed by atoms with van der Waals surface area (Å²) in [6.45, 7) is 1.97. The molecule has 0 aliphatic carbocycles. The Hall–Kier alpha value is -0.380. The summed E-state index contributed by atoms with van der Waals surface area (Å²) in [6.07, 6.45) is 0. The van der Waals surface area contributed by atoms with E-state index >= 15 is 0 Å². The Morgan fingerprint density at radius 1 is 1.58 bits per heavy atom. The van der Waals surface area contributed by atoms with Crippen LogP contribution in [0, 0.1) is 6.92 Å². The van der Waals surface area contributed by atoms with E-state index in [1.165, 1.54) is 0 Å². The Morgan fingerprint density at radius 2 is 2.25 bits per heavy atom. The van der Waals surface area contributed by atoms with Gasteiger partial charge in [0.15, 0.2) is 0 Å². The molecule has 0 aromatic heterocycles. The Morgan fingerprint density at radius 3 is 2.83 bits per heavy atom. The summed E-state index contributed by atoms with van der Waals surface area (Å²) < 4.78 is 0.993. The molecule has 2 nitrogen and oxygen atoms in total. The highest BCUT2D eigenvalue weighted by Gasteiger charge is 2.07. The number of benzene rings is 1. The minimum absolute atomic E-state index is 0.0166. The zero-order valence-corrected chi connectivity index (χ0v) is 8.51. The number of hydrogen-bond donors (Lipinski definition) is 2. The van der Waals surface area contributed by atoms with Gasteiger partial charge in [-0.3, -0.25) is 0 Å². The Labute approximate surface area is 80.5 Å². The molecule has 0 spiro atoms. The predicted molar refractivity (Wildman–Crippen MR) is 52.9 cm³/mol. The summed E-state index contributed by atoms with van der Waals surface area (Å²) in [5.41, 5.74) is 7.80. The molecule has 0 heterocycles. The first-order chi connectivity index (χ1) is 5.65. The second-order valence-corrected chi connectivity index (χ2v) is 3.71. The third-order valence-corrected chi connectivity index (χ3v) is 2.33. The molecule has 0 amide bonds. The minimum atomic E-state index is -0.275. The summed E-state index contributed by atoms with van der Waals surface area (Å²) in [5.74, 6) is 0. The maximum Gasteiger partial charge on any atom is 0.0624 e. The molecule has 0 aliphatic heterocycles. The van der Waals surface area contributed by atoms with Crippen LogP contribution in [0.2, 0.25) is 0 Å².